The van der Waals surface area contributed by atoms with Crippen molar-refractivity contribution in [2.45, 2.75) is 38.3 Å². The van der Waals surface area contributed by atoms with E-state index in [2.05, 4.69) is 5.32 Å². The molecule has 0 saturated carbocycles. The number of ether oxygens (including phenoxy) is 1. The van der Waals surface area contributed by atoms with E-state index in [0.29, 0.717) is 13.0 Å². The lowest BCUT2D eigenvalue weighted by Crippen LogP contribution is -2.40. The van der Waals surface area contributed by atoms with E-state index in [1.807, 2.05) is 13.0 Å². The fourth-order valence-electron chi connectivity index (χ4n) is 1.27. The molecule has 0 bridgehead atoms. The second-order valence-corrected chi connectivity index (χ2v) is 3.10. The highest BCUT2D eigenvalue weighted by Crippen LogP contribution is 2.11. The zero-order valence-electron chi connectivity index (χ0n) is 7.75. The molecule has 0 radical (unpaired) electrons. The van der Waals surface area contributed by atoms with Gasteiger partial charge in [0, 0.05) is 6.61 Å². The first-order valence-corrected chi connectivity index (χ1v) is 4.59. The number of rotatable bonds is 3. The number of carbonyl (C=O) groups excluding carboxylic acids is 1. The van der Waals surface area contributed by atoms with Crippen molar-refractivity contribution >= 4 is 5.91 Å². The normalized spacial score (nSPS) is 23.5. The second kappa shape index (κ2) is 4.83. The van der Waals surface area contributed by atoms with Gasteiger partial charge in [-0.05, 0) is 19.3 Å². The van der Waals surface area contributed by atoms with Gasteiger partial charge in [0.2, 0.25) is 5.91 Å². The van der Waals surface area contributed by atoms with Crippen molar-refractivity contribution in [1.82, 2.24) is 5.32 Å². The van der Waals surface area contributed by atoms with Gasteiger partial charge >= 0.3 is 0 Å². The molecule has 2 atom stereocenters. The molecule has 1 N–H and O–H groups in total. The Labute approximate surface area is 77.9 Å². The number of amides is 1. The highest BCUT2D eigenvalue weighted by Gasteiger charge is 2.24. The van der Waals surface area contributed by atoms with Crippen molar-refractivity contribution in [3.05, 3.63) is 0 Å². The largest absolute Gasteiger partial charge is 0.368 e. The van der Waals surface area contributed by atoms with Gasteiger partial charge in [-0.15, -0.1) is 0 Å². The molecule has 1 saturated heterocycles. The quantitative estimate of drug-likeness (QED) is 0.694. The zero-order chi connectivity index (χ0) is 9.68. The zero-order valence-corrected chi connectivity index (χ0v) is 7.75. The van der Waals surface area contributed by atoms with Gasteiger partial charge in [-0.3, -0.25) is 4.79 Å². The second-order valence-electron chi connectivity index (χ2n) is 3.10. The molecule has 0 aromatic carbocycles. The molecule has 1 rings (SSSR count). The Balaban J connectivity index is 2.35. The smallest absolute Gasteiger partial charge is 0.250 e. The number of hydrogen-bond donors (Lipinski definition) is 1. The van der Waals surface area contributed by atoms with Crippen LogP contribution in [0.5, 0.6) is 0 Å². The van der Waals surface area contributed by atoms with Gasteiger partial charge in [-0.25, -0.2) is 0 Å². The molecule has 1 unspecified atom stereocenters. The average Bonchev–Trinajstić information content (AvgIpc) is 2.66. The van der Waals surface area contributed by atoms with E-state index in [-0.39, 0.29) is 18.1 Å². The lowest BCUT2D eigenvalue weighted by Gasteiger charge is -2.12. The third kappa shape index (κ3) is 2.71. The van der Waals surface area contributed by atoms with Gasteiger partial charge in [-0.2, -0.15) is 5.26 Å². The van der Waals surface area contributed by atoms with E-state index in [0.717, 1.165) is 12.8 Å². The third-order valence-corrected chi connectivity index (χ3v) is 2.10. The molecule has 1 amide bonds. The Kier molecular flexibility index (Phi) is 3.71. The van der Waals surface area contributed by atoms with E-state index < -0.39 is 0 Å². The molecular formula is C9H14N2O2. The summed E-state index contributed by atoms with van der Waals surface area (Å²) < 4.78 is 5.18. The predicted octanol–water partition coefficient (Wildman–Crippen LogP) is 0.584. The molecule has 4 nitrogen and oxygen atoms in total. The van der Waals surface area contributed by atoms with Crippen LogP contribution in [-0.4, -0.2) is 24.7 Å². The van der Waals surface area contributed by atoms with Crippen molar-refractivity contribution in [2.75, 3.05) is 6.61 Å². The maximum Gasteiger partial charge on any atom is 0.250 e. The van der Waals surface area contributed by atoms with Crippen LogP contribution in [0.15, 0.2) is 0 Å². The summed E-state index contributed by atoms with van der Waals surface area (Å²) in [7, 11) is 0. The molecule has 13 heavy (non-hydrogen) atoms. The Morgan fingerprint density at radius 3 is 3.08 bits per heavy atom. The molecule has 0 aromatic rings. The Hall–Kier alpha value is -1.08. The van der Waals surface area contributed by atoms with Gasteiger partial charge in [0.1, 0.15) is 12.1 Å². The van der Waals surface area contributed by atoms with Crippen LogP contribution in [0.3, 0.4) is 0 Å². The lowest BCUT2D eigenvalue weighted by molar-refractivity contribution is -0.130. The van der Waals surface area contributed by atoms with Crippen molar-refractivity contribution < 1.29 is 9.53 Å². The van der Waals surface area contributed by atoms with Gasteiger partial charge in [0.25, 0.3) is 0 Å². The van der Waals surface area contributed by atoms with E-state index in [1.54, 1.807) is 0 Å². The van der Waals surface area contributed by atoms with E-state index >= 15 is 0 Å². The lowest BCUT2D eigenvalue weighted by atomic mass is 10.2. The van der Waals surface area contributed by atoms with Crippen LogP contribution in [0, 0.1) is 11.3 Å². The summed E-state index contributed by atoms with van der Waals surface area (Å²) in [4.78, 5) is 11.4. The highest BCUT2D eigenvalue weighted by atomic mass is 16.5. The number of nitrogens with one attached hydrogen (secondary N) is 1. The summed E-state index contributed by atoms with van der Waals surface area (Å²) in [5.74, 6) is -0.147. The van der Waals surface area contributed by atoms with Gasteiger partial charge < -0.3 is 10.1 Å². The van der Waals surface area contributed by atoms with Gasteiger partial charge in [-0.1, -0.05) is 6.92 Å². The molecule has 0 spiro atoms. The minimum absolute atomic E-state index is 0.147. The summed E-state index contributed by atoms with van der Waals surface area (Å²) >= 11 is 0. The monoisotopic (exact) mass is 182 g/mol. The Morgan fingerprint density at radius 1 is 1.85 bits per heavy atom. The standard InChI is InChI=1S/C9H14N2O2/c1-2-7(6-10)11-9(12)8-4-3-5-13-8/h7-8H,2-5H2,1H3,(H,11,12)/t7-,8?/m0/s1. The van der Waals surface area contributed by atoms with Crippen LogP contribution in [0.1, 0.15) is 26.2 Å². The summed E-state index contributed by atoms with van der Waals surface area (Å²) in [5, 5.41) is 11.2. The molecule has 1 fully saturated rings. The van der Waals surface area contributed by atoms with E-state index in [9.17, 15) is 4.79 Å². The number of hydrogen-bond acceptors (Lipinski definition) is 3. The molecule has 1 heterocycles. The molecule has 4 heteroatoms. The van der Waals surface area contributed by atoms with E-state index in [1.165, 1.54) is 0 Å². The van der Waals surface area contributed by atoms with Crippen molar-refractivity contribution in [1.29, 1.82) is 5.26 Å². The first kappa shape index (κ1) is 10.0. The van der Waals surface area contributed by atoms with Crippen LogP contribution in [-0.2, 0) is 9.53 Å². The SMILES string of the molecule is CC[C@@H](C#N)NC(=O)C1CCCO1. The minimum atomic E-state index is -0.378. The van der Waals surface area contributed by atoms with Crippen LogP contribution in [0.25, 0.3) is 0 Å². The topological polar surface area (TPSA) is 62.1 Å². The molecule has 72 valence electrons. The Bertz CT molecular complexity index is 216. The summed E-state index contributed by atoms with van der Waals surface area (Å²) in [6.45, 7) is 2.52. The van der Waals surface area contributed by atoms with Crippen LogP contribution >= 0.6 is 0 Å². The van der Waals surface area contributed by atoms with Crippen molar-refractivity contribution in [3.63, 3.8) is 0 Å². The van der Waals surface area contributed by atoms with Crippen LogP contribution in [0.4, 0.5) is 0 Å². The van der Waals surface area contributed by atoms with E-state index in [4.69, 9.17) is 10.00 Å². The fraction of sp³-hybridized carbons (Fsp3) is 0.778. The summed E-state index contributed by atoms with van der Waals surface area (Å²) in [6, 6.07) is 1.64. The molecule has 0 aliphatic carbocycles. The summed E-state index contributed by atoms with van der Waals surface area (Å²) in [6.07, 6.45) is 2.01. The molecule has 1 aliphatic rings. The molecule has 0 aromatic heterocycles. The summed E-state index contributed by atoms with van der Waals surface area (Å²) in [5.41, 5.74) is 0. The fourth-order valence-corrected chi connectivity index (χ4v) is 1.27. The first-order valence-electron chi connectivity index (χ1n) is 4.59. The predicted molar refractivity (Wildman–Crippen MR) is 46.8 cm³/mol. The van der Waals surface area contributed by atoms with Gasteiger partial charge in [0.05, 0.1) is 6.07 Å². The van der Waals surface area contributed by atoms with Crippen molar-refractivity contribution in [2.24, 2.45) is 0 Å². The third-order valence-electron chi connectivity index (χ3n) is 2.10. The number of carbonyl (C=O) groups is 1. The molecular weight excluding hydrogens is 168 g/mol. The maximum absolute atomic E-state index is 11.4. The maximum atomic E-state index is 11.4. The van der Waals surface area contributed by atoms with Crippen molar-refractivity contribution in [3.8, 4) is 6.07 Å². The first-order chi connectivity index (χ1) is 6.27. The average molecular weight is 182 g/mol. The number of nitrogens with zero attached hydrogens (tertiary/aromatic N) is 1. The van der Waals surface area contributed by atoms with Crippen LogP contribution in [0.2, 0.25) is 0 Å². The minimum Gasteiger partial charge on any atom is -0.368 e. The van der Waals surface area contributed by atoms with Crippen LogP contribution < -0.4 is 5.32 Å². The van der Waals surface area contributed by atoms with Gasteiger partial charge in [0.15, 0.2) is 0 Å². The number of nitriles is 1. The highest BCUT2D eigenvalue weighted by molar-refractivity contribution is 5.81. The molecule has 1 aliphatic heterocycles. The Morgan fingerprint density at radius 2 is 2.62 bits per heavy atom.